The Kier molecular flexibility index (Phi) is 4.10. The number of phenols is 2. The fraction of sp³-hybridized carbons (Fsp3) is 0.133. The molecule has 104 valence electrons. The SMILES string of the molecule is O=C(O)CN(Cc1ccc(O)cc1O)c1ccccc1. The smallest absolute Gasteiger partial charge is 0.323 e. The number of rotatable bonds is 5. The van der Waals surface area contributed by atoms with E-state index in [2.05, 4.69) is 0 Å². The van der Waals surface area contributed by atoms with E-state index in [1.165, 1.54) is 12.1 Å². The number of anilines is 1. The Labute approximate surface area is 116 Å². The molecule has 0 saturated heterocycles. The Bertz CT molecular complexity index is 598. The van der Waals surface area contributed by atoms with Crippen LogP contribution in [0.5, 0.6) is 11.5 Å². The Hall–Kier alpha value is -2.69. The maximum absolute atomic E-state index is 11.0. The van der Waals surface area contributed by atoms with Gasteiger partial charge in [0, 0.05) is 23.9 Å². The first-order valence-electron chi connectivity index (χ1n) is 6.09. The molecule has 0 aliphatic heterocycles. The molecule has 5 nitrogen and oxygen atoms in total. The Morgan fingerprint density at radius 3 is 2.35 bits per heavy atom. The molecule has 2 aromatic carbocycles. The van der Waals surface area contributed by atoms with Crippen molar-refractivity contribution in [2.45, 2.75) is 6.54 Å². The second-order valence-electron chi connectivity index (χ2n) is 4.40. The Morgan fingerprint density at radius 2 is 1.75 bits per heavy atom. The highest BCUT2D eigenvalue weighted by Crippen LogP contribution is 2.25. The lowest BCUT2D eigenvalue weighted by molar-refractivity contribution is -0.135. The Balaban J connectivity index is 2.26. The molecule has 0 fully saturated rings. The van der Waals surface area contributed by atoms with Crippen LogP contribution in [0.15, 0.2) is 48.5 Å². The third kappa shape index (κ3) is 3.41. The standard InChI is InChI=1S/C15H15NO4/c17-13-7-6-11(14(18)8-13)9-16(10-15(19)20)12-4-2-1-3-5-12/h1-8,17-18H,9-10H2,(H,19,20). The molecule has 0 aliphatic carbocycles. The number of hydrogen-bond donors (Lipinski definition) is 3. The van der Waals surface area contributed by atoms with E-state index in [1.807, 2.05) is 18.2 Å². The second-order valence-corrected chi connectivity index (χ2v) is 4.40. The largest absolute Gasteiger partial charge is 0.508 e. The fourth-order valence-electron chi connectivity index (χ4n) is 1.93. The molecule has 0 saturated carbocycles. The highest BCUT2D eigenvalue weighted by Gasteiger charge is 2.13. The highest BCUT2D eigenvalue weighted by atomic mass is 16.4. The van der Waals surface area contributed by atoms with Crippen molar-refractivity contribution in [3.05, 3.63) is 54.1 Å². The van der Waals surface area contributed by atoms with E-state index in [9.17, 15) is 15.0 Å². The number of aromatic hydroxyl groups is 2. The van der Waals surface area contributed by atoms with Crippen LogP contribution in [0.2, 0.25) is 0 Å². The molecular formula is C15H15NO4. The summed E-state index contributed by atoms with van der Waals surface area (Å²) in [6, 6.07) is 13.4. The molecule has 3 N–H and O–H groups in total. The summed E-state index contributed by atoms with van der Waals surface area (Å²) in [6.07, 6.45) is 0. The van der Waals surface area contributed by atoms with Crippen LogP contribution in [0.25, 0.3) is 0 Å². The van der Waals surface area contributed by atoms with Gasteiger partial charge in [-0.25, -0.2) is 0 Å². The maximum Gasteiger partial charge on any atom is 0.323 e. The summed E-state index contributed by atoms with van der Waals surface area (Å²) < 4.78 is 0. The summed E-state index contributed by atoms with van der Waals surface area (Å²) in [5, 5.41) is 28.0. The number of nitrogens with zero attached hydrogens (tertiary/aromatic N) is 1. The van der Waals surface area contributed by atoms with Gasteiger partial charge < -0.3 is 20.2 Å². The summed E-state index contributed by atoms with van der Waals surface area (Å²) in [7, 11) is 0. The molecule has 0 radical (unpaired) electrons. The minimum atomic E-state index is -0.952. The quantitative estimate of drug-likeness (QED) is 0.778. The number of hydrogen-bond acceptors (Lipinski definition) is 4. The number of benzene rings is 2. The molecule has 0 heterocycles. The van der Waals surface area contributed by atoms with Gasteiger partial charge >= 0.3 is 5.97 Å². The molecule has 0 spiro atoms. The molecule has 20 heavy (non-hydrogen) atoms. The lowest BCUT2D eigenvalue weighted by Crippen LogP contribution is -2.29. The maximum atomic E-state index is 11.0. The first-order chi connectivity index (χ1) is 9.56. The number of phenolic OH excluding ortho intramolecular Hbond substituents is 2. The normalized spacial score (nSPS) is 10.2. The van der Waals surface area contributed by atoms with Gasteiger partial charge in [-0.3, -0.25) is 4.79 Å². The van der Waals surface area contributed by atoms with Gasteiger partial charge in [-0.05, 0) is 24.3 Å². The van der Waals surface area contributed by atoms with E-state index in [0.717, 1.165) is 5.69 Å². The minimum absolute atomic E-state index is 0.0317. The molecule has 0 atom stereocenters. The Morgan fingerprint density at radius 1 is 1.05 bits per heavy atom. The summed E-state index contributed by atoms with van der Waals surface area (Å²) in [4.78, 5) is 12.6. The van der Waals surface area contributed by atoms with Crippen molar-refractivity contribution in [1.29, 1.82) is 0 Å². The zero-order valence-corrected chi connectivity index (χ0v) is 10.7. The van der Waals surface area contributed by atoms with Crippen molar-refractivity contribution in [3.8, 4) is 11.5 Å². The monoisotopic (exact) mass is 273 g/mol. The molecule has 0 aromatic heterocycles. The predicted molar refractivity (Wildman–Crippen MR) is 74.9 cm³/mol. The number of carboxylic acids is 1. The second kappa shape index (κ2) is 5.97. The third-order valence-electron chi connectivity index (χ3n) is 2.88. The summed E-state index contributed by atoms with van der Waals surface area (Å²) >= 11 is 0. The van der Waals surface area contributed by atoms with Gasteiger partial charge in [-0.15, -0.1) is 0 Å². The van der Waals surface area contributed by atoms with Crippen LogP contribution in [0.1, 0.15) is 5.56 Å². The van der Waals surface area contributed by atoms with Crippen LogP contribution in [-0.4, -0.2) is 27.8 Å². The van der Waals surface area contributed by atoms with Gasteiger partial charge in [0.2, 0.25) is 0 Å². The third-order valence-corrected chi connectivity index (χ3v) is 2.88. The predicted octanol–water partition coefficient (Wildman–Crippen LogP) is 2.19. The van der Waals surface area contributed by atoms with Crippen LogP contribution in [0.3, 0.4) is 0 Å². The minimum Gasteiger partial charge on any atom is -0.508 e. The highest BCUT2D eigenvalue weighted by molar-refractivity contribution is 5.73. The van der Waals surface area contributed by atoms with Crippen molar-refractivity contribution in [2.24, 2.45) is 0 Å². The topological polar surface area (TPSA) is 81.0 Å². The first kappa shape index (κ1) is 13.7. The van der Waals surface area contributed by atoms with E-state index in [-0.39, 0.29) is 24.6 Å². The van der Waals surface area contributed by atoms with Gasteiger partial charge in [0.05, 0.1) is 0 Å². The van der Waals surface area contributed by atoms with E-state index >= 15 is 0 Å². The zero-order chi connectivity index (χ0) is 14.5. The van der Waals surface area contributed by atoms with Crippen molar-refractivity contribution in [3.63, 3.8) is 0 Å². The lowest BCUT2D eigenvalue weighted by Gasteiger charge is -2.23. The molecule has 0 amide bonds. The van der Waals surface area contributed by atoms with Crippen LogP contribution >= 0.6 is 0 Å². The van der Waals surface area contributed by atoms with Crippen molar-refractivity contribution in [2.75, 3.05) is 11.4 Å². The van der Waals surface area contributed by atoms with Gasteiger partial charge in [0.15, 0.2) is 0 Å². The van der Waals surface area contributed by atoms with Crippen LogP contribution in [0.4, 0.5) is 5.69 Å². The van der Waals surface area contributed by atoms with Crippen LogP contribution < -0.4 is 4.90 Å². The molecular weight excluding hydrogens is 258 g/mol. The van der Waals surface area contributed by atoms with Crippen LogP contribution in [-0.2, 0) is 11.3 Å². The van der Waals surface area contributed by atoms with Gasteiger partial charge in [0.25, 0.3) is 0 Å². The van der Waals surface area contributed by atoms with E-state index in [0.29, 0.717) is 5.56 Å². The van der Waals surface area contributed by atoms with Gasteiger partial charge in [0.1, 0.15) is 18.0 Å². The van der Waals surface area contributed by atoms with Crippen molar-refractivity contribution >= 4 is 11.7 Å². The molecule has 0 bridgehead atoms. The average Bonchev–Trinajstić information content (AvgIpc) is 2.41. The summed E-state index contributed by atoms with van der Waals surface area (Å²) in [5.41, 5.74) is 1.30. The van der Waals surface area contributed by atoms with E-state index < -0.39 is 5.97 Å². The lowest BCUT2D eigenvalue weighted by atomic mass is 10.1. The molecule has 2 rings (SSSR count). The molecule has 0 aliphatic rings. The van der Waals surface area contributed by atoms with Crippen LogP contribution in [0, 0.1) is 0 Å². The number of carboxylic acid groups (broad SMARTS) is 1. The van der Waals surface area contributed by atoms with Gasteiger partial charge in [-0.2, -0.15) is 0 Å². The summed E-state index contributed by atoms with van der Waals surface area (Å²) in [5.74, 6) is -1.04. The molecule has 5 heteroatoms. The molecule has 0 unspecified atom stereocenters. The zero-order valence-electron chi connectivity index (χ0n) is 10.7. The van der Waals surface area contributed by atoms with E-state index in [1.54, 1.807) is 23.1 Å². The summed E-state index contributed by atoms with van der Waals surface area (Å²) in [6.45, 7) is 0.0623. The van der Waals surface area contributed by atoms with Crippen molar-refractivity contribution < 1.29 is 20.1 Å². The first-order valence-corrected chi connectivity index (χ1v) is 6.09. The van der Waals surface area contributed by atoms with Crippen molar-refractivity contribution in [1.82, 2.24) is 0 Å². The number of aliphatic carboxylic acids is 1. The fourth-order valence-corrected chi connectivity index (χ4v) is 1.93. The van der Waals surface area contributed by atoms with E-state index in [4.69, 9.17) is 5.11 Å². The average molecular weight is 273 g/mol. The number of para-hydroxylation sites is 1. The molecule has 2 aromatic rings. The van der Waals surface area contributed by atoms with Gasteiger partial charge in [-0.1, -0.05) is 18.2 Å². The number of carbonyl (C=O) groups is 1.